The molecule has 2 heteroatoms. The highest BCUT2D eigenvalue weighted by molar-refractivity contribution is 6.26. The summed E-state index contributed by atoms with van der Waals surface area (Å²) < 4.78 is 12.6. The Bertz CT molecular complexity index is 2030. The van der Waals surface area contributed by atoms with Gasteiger partial charge in [0.05, 0.1) is 11.6 Å². The van der Waals surface area contributed by atoms with Gasteiger partial charge in [-0.3, -0.25) is 0 Å². The van der Waals surface area contributed by atoms with Crippen LogP contribution in [0.25, 0.3) is 76.7 Å². The zero-order valence-corrected chi connectivity index (χ0v) is 19.4. The molecule has 8 aromatic rings. The summed E-state index contributed by atoms with van der Waals surface area (Å²) in [4.78, 5) is 0. The van der Waals surface area contributed by atoms with Gasteiger partial charge in [-0.2, -0.15) is 0 Å². The van der Waals surface area contributed by atoms with Crippen LogP contribution in [0.5, 0.6) is 0 Å². The van der Waals surface area contributed by atoms with Crippen LogP contribution in [-0.2, 0) is 0 Å². The van der Waals surface area contributed by atoms with E-state index < -0.39 is 0 Å². The lowest BCUT2D eigenvalue weighted by molar-refractivity contribution is 0.616. The van der Waals surface area contributed by atoms with E-state index in [4.69, 9.17) is 8.83 Å². The molecular weight excluding hydrogens is 440 g/mol. The molecule has 0 aliphatic heterocycles. The van der Waals surface area contributed by atoms with E-state index in [2.05, 4.69) is 103 Å². The van der Waals surface area contributed by atoms with Gasteiger partial charge in [0.2, 0.25) is 0 Å². The molecule has 6 aromatic carbocycles. The quantitative estimate of drug-likeness (QED) is 0.240. The fourth-order valence-corrected chi connectivity index (χ4v) is 5.82. The van der Waals surface area contributed by atoms with Crippen LogP contribution in [0.4, 0.5) is 0 Å². The van der Waals surface area contributed by atoms with Crippen molar-refractivity contribution in [2.75, 3.05) is 0 Å². The third-order valence-electron chi connectivity index (χ3n) is 7.35. The number of para-hydroxylation sites is 1. The minimum Gasteiger partial charge on any atom is -0.464 e. The Morgan fingerprint density at radius 2 is 1.00 bits per heavy atom. The van der Waals surface area contributed by atoms with Gasteiger partial charge in [-0.15, -0.1) is 0 Å². The van der Waals surface area contributed by atoms with Crippen molar-refractivity contribution in [2.24, 2.45) is 0 Å². The Morgan fingerprint density at radius 3 is 1.69 bits per heavy atom. The van der Waals surface area contributed by atoms with Crippen LogP contribution >= 0.6 is 0 Å². The summed E-state index contributed by atoms with van der Waals surface area (Å²) in [5.74, 6) is 0. The average molecular weight is 461 g/mol. The molecule has 0 unspecified atom stereocenters. The maximum atomic E-state index is 6.44. The topological polar surface area (TPSA) is 26.3 Å². The van der Waals surface area contributed by atoms with Crippen LogP contribution in [0, 0.1) is 0 Å². The molecule has 0 spiro atoms. The summed E-state index contributed by atoms with van der Waals surface area (Å²) in [6, 6.07) is 40.4. The molecule has 0 aliphatic carbocycles. The maximum absolute atomic E-state index is 6.44. The SMILES string of the molecule is c1ccc(-c2c3ccccc3c(-c3coc4ccc5c6ccccc6oc5c34)c3ccccc23)cc1. The third kappa shape index (κ3) is 2.61. The monoisotopic (exact) mass is 460 g/mol. The molecule has 2 heterocycles. The van der Waals surface area contributed by atoms with E-state index in [9.17, 15) is 0 Å². The molecule has 0 radical (unpaired) electrons. The van der Waals surface area contributed by atoms with Crippen molar-refractivity contribution < 1.29 is 8.83 Å². The van der Waals surface area contributed by atoms with Crippen LogP contribution in [0.15, 0.2) is 130 Å². The molecule has 0 fully saturated rings. The second kappa shape index (κ2) is 7.34. The van der Waals surface area contributed by atoms with E-state index >= 15 is 0 Å². The summed E-state index contributed by atoms with van der Waals surface area (Å²) in [5, 5.41) is 8.10. The highest BCUT2D eigenvalue weighted by Crippen LogP contribution is 2.47. The second-order valence-corrected chi connectivity index (χ2v) is 9.27. The van der Waals surface area contributed by atoms with Crippen molar-refractivity contribution >= 4 is 54.5 Å². The Morgan fingerprint density at radius 1 is 0.417 bits per heavy atom. The van der Waals surface area contributed by atoms with Crippen LogP contribution in [0.3, 0.4) is 0 Å². The molecule has 0 N–H and O–H groups in total. The van der Waals surface area contributed by atoms with E-state index in [0.29, 0.717) is 0 Å². The largest absolute Gasteiger partial charge is 0.464 e. The molecule has 168 valence electrons. The van der Waals surface area contributed by atoms with Gasteiger partial charge in [0.15, 0.2) is 0 Å². The van der Waals surface area contributed by atoms with Crippen LogP contribution in [0.1, 0.15) is 0 Å². The van der Waals surface area contributed by atoms with Crippen LogP contribution in [-0.4, -0.2) is 0 Å². The number of hydrogen-bond acceptors (Lipinski definition) is 2. The molecule has 36 heavy (non-hydrogen) atoms. The molecule has 0 aliphatic rings. The number of hydrogen-bond donors (Lipinski definition) is 0. The minimum absolute atomic E-state index is 0.830. The van der Waals surface area contributed by atoms with Gasteiger partial charge >= 0.3 is 0 Å². The van der Waals surface area contributed by atoms with Crippen LogP contribution in [0.2, 0.25) is 0 Å². The number of rotatable bonds is 2. The molecule has 0 bridgehead atoms. The predicted molar refractivity (Wildman–Crippen MR) is 149 cm³/mol. The minimum atomic E-state index is 0.830. The summed E-state index contributed by atoms with van der Waals surface area (Å²) in [6.45, 7) is 0. The van der Waals surface area contributed by atoms with E-state index in [1.165, 1.54) is 38.2 Å². The van der Waals surface area contributed by atoms with Gasteiger partial charge < -0.3 is 8.83 Å². The molecular formula is C34H20O2. The first-order chi connectivity index (χ1) is 17.9. The average Bonchev–Trinajstić information content (AvgIpc) is 3.53. The van der Waals surface area contributed by atoms with Crippen LogP contribution < -0.4 is 0 Å². The van der Waals surface area contributed by atoms with Gasteiger partial charge in [-0.1, -0.05) is 97.1 Å². The van der Waals surface area contributed by atoms with Crippen molar-refractivity contribution in [1.82, 2.24) is 0 Å². The number of benzene rings is 6. The molecule has 8 rings (SSSR count). The Hall–Kier alpha value is -4.82. The van der Waals surface area contributed by atoms with E-state index in [0.717, 1.165) is 38.5 Å². The predicted octanol–water partition coefficient (Wildman–Crippen LogP) is 9.97. The zero-order chi connectivity index (χ0) is 23.6. The fraction of sp³-hybridized carbons (Fsp3) is 0. The van der Waals surface area contributed by atoms with Crippen molar-refractivity contribution in [1.29, 1.82) is 0 Å². The van der Waals surface area contributed by atoms with Gasteiger partial charge in [-0.25, -0.2) is 0 Å². The maximum Gasteiger partial charge on any atom is 0.147 e. The number of fused-ring (bicyclic) bond motifs is 7. The Kier molecular flexibility index (Phi) is 3.97. The smallest absolute Gasteiger partial charge is 0.147 e. The molecule has 0 atom stereocenters. The second-order valence-electron chi connectivity index (χ2n) is 9.27. The first-order valence-corrected chi connectivity index (χ1v) is 12.2. The summed E-state index contributed by atoms with van der Waals surface area (Å²) in [5.41, 5.74) is 7.30. The van der Waals surface area contributed by atoms with Crippen molar-refractivity contribution in [3.8, 4) is 22.3 Å². The Labute approximate surface area is 207 Å². The zero-order valence-electron chi connectivity index (χ0n) is 19.4. The molecule has 2 nitrogen and oxygen atoms in total. The van der Waals surface area contributed by atoms with E-state index in [-0.39, 0.29) is 0 Å². The van der Waals surface area contributed by atoms with Gasteiger partial charge in [0, 0.05) is 21.9 Å². The van der Waals surface area contributed by atoms with Crippen molar-refractivity contribution in [3.05, 3.63) is 122 Å². The third-order valence-corrected chi connectivity index (χ3v) is 7.35. The summed E-state index contributed by atoms with van der Waals surface area (Å²) >= 11 is 0. The lowest BCUT2D eigenvalue weighted by Crippen LogP contribution is -1.90. The molecule has 0 saturated carbocycles. The highest BCUT2D eigenvalue weighted by atomic mass is 16.3. The molecule has 0 saturated heterocycles. The summed E-state index contributed by atoms with van der Waals surface area (Å²) in [7, 11) is 0. The molecule has 0 amide bonds. The lowest BCUT2D eigenvalue weighted by atomic mass is 9.86. The van der Waals surface area contributed by atoms with Crippen molar-refractivity contribution in [3.63, 3.8) is 0 Å². The van der Waals surface area contributed by atoms with E-state index in [1.54, 1.807) is 0 Å². The van der Waals surface area contributed by atoms with Gasteiger partial charge in [0.25, 0.3) is 0 Å². The first kappa shape index (κ1) is 19.5. The molecule has 2 aromatic heterocycles. The lowest BCUT2D eigenvalue weighted by Gasteiger charge is -2.17. The van der Waals surface area contributed by atoms with Gasteiger partial charge in [0.1, 0.15) is 16.7 Å². The summed E-state index contributed by atoms with van der Waals surface area (Å²) in [6.07, 6.45) is 1.90. The van der Waals surface area contributed by atoms with Crippen molar-refractivity contribution in [2.45, 2.75) is 0 Å². The number of furan rings is 2. The van der Waals surface area contributed by atoms with E-state index in [1.807, 2.05) is 18.4 Å². The first-order valence-electron chi connectivity index (χ1n) is 12.2. The standard InChI is InChI=1S/C34H20O2/c1-2-10-21(11-3-1)31-23-13-4-6-15-25(23)32(26-16-7-5-14-24(26)31)28-20-35-30-19-18-27-22-12-8-9-17-29(22)36-34(27)33(28)30/h1-20H. The normalized spacial score (nSPS) is 11.9. The van der Waals surface area contributed by atoms with Gasteiger partial charge in [-0.05, 0) is 50.9 Å². The highest BCUT2D eigenvalue weighted by Gasteiger charge is 2.22. The fourth-order valence-electron chi connectivity index (χ4n) is 5.82. The Balaban J connectivity index is 1.57.